The van der Waals surface area contributed by atoms with Crippen molar-refractivity contribution in [3.63, 3.8) is 0 Å². The SMILES string of the molecule is CN(C)CCOc1cnc(-c2cccc(CNc3nc(-c4cnn(C)c4)cnc3N)c2)nc1. The zero-order valence-electron chi connectivity index (χ0n) is 18.9. The van der Waals surface area contributed by atoms with E-state index in [2.05, 4.69) is 35.3 Å². The Morgan fingerprint density at radius 1 is 1.06 bits per heavy atom. The number of nitrogens with one attached hydrogen (secondary N) is 1. The summed E-state index contributed by atoms with van der Waals surface area (Å²) in [6, 6.07) is 7.99. The molecule has 0 aliphatic carbocycles. The number of benzene rings is 1. The molecule has 0 unspecified atom stereocenters. The second-order valence-electron chi connectivity index (χ2n) is 7.84. The fourth-order valence-electron chi connectivity index (χ4n) is 3.11. The minimum Gasteiger partial charge on any atom is -0.489 e. The molecule has 3 aromatic heterocycles. The number of likely N-dealkylation sites (N-methyl/N-ethyl adjacent to an activating group) is 1. The molecule has 0 saturated heterocycles. The van der Waals surface area contributed by atoms with Crippen molar-refractivity contribution in [2.75, 3.05) is 38.3 Å². The second-order valence-corrected chi connectivity index (χ2v) is 7.84. The van der Waals surface area contributed by atoms with Crippen LogP contribution < -0.4 is 15.8 Å². The first-order valence-electron chi connectivity index (χ1n) is 10.5. The number of aryl methyl sites for hydroxylation is 1. The van der Waals surface area contributed by atoms with Crippen molar-refractivity contribution in [3.8, 4) is 28.4 Å². The van der Waals surface area contributed by atoms with E-state index in [1.165, 1.54) is 0 Å². The van der Waals surface area contributed by atoms with Gasteiger partial charge in [-0.15, -0.1) is 0 Å². The lowest BCUT2D eigenvalue weighted by Crippen LogP contribution is -2.19. The standard InChI is InChI=1S/C23H27N9O/c1-31(2)7-8-33-19-12-27-22(28-13-19)17-6-4-5-16(9-17)10-26-23-21(24)25-14-20(30-23)18-11-29-32(3)15-18/h4-6,9,11-15H,7-8,10H2,1-3H3,(H2,24,25)(H,26,30). The minimum absolute atomic E-state index is 0.340. The van der Waals surface area contributed by atoms with Crippen molar-refractivity contribution in [2.45, 2.75) is 6.54 Å². The number of nitrogen functional groups attached to an aromatic ring is 1. The van der Waals surface area contributed by atoms with Gasteiger partial charge in [0.15, 0.2) is 23.2 Å². The van der Waals surface area contributed by atoms with Gasteiger partial charge in [-0.1, -0.05) is 18.2 Å². The van der Waals surface area contributed by atoms with Crippen molar-refractivity contribution in [1.29, 1.82) is 0 Å². The third kappa shape index (κ3) is 5.80. The summed E-state index contributed by atoms with van der Waals surface area (Å²) in [7, 11) is 5.86. The predicted octanol–water partition coefficient (Wildman–Crippen LogP) is 2.47. The van der Waals surface area contributed by atoms with Gasteiger partial charge in [0.05, 0.1) is 30.5 Å². The Morgan fingerprint density at radius 2 is 1.88 bits per heavy atom. The Hall–Kier alpha value is -4.05. The number of hydrogen-bond acceptors (Lipinski definition) is 9. The first-order valence-corrected chi connectivity index (χ1v) is 10.5. The van der Waals surface area contributed by atoms with Crippen LogP contribution in [-0.2, 0) is 13.6 Å². The Morgan fingerprint density at radius 3 is 2.61 bits per heavy atom. The van der Waals surface area contributed by atoms with Gasteiger partial charge in [0, 0.05) is 37.5 Å². The third-order valence-corrected chi connectivity index (χ3v) is 4.88. The Labute approximate surface area is 192 Å². The fourth-order valence-corrected chi connectivity index (χ4v) is 3.11. The Balaban J connectivity index is 1.43. The van der Waals surface area contributed by atoms with Crippen LogP contribution in [0.2, 0.25) is 0 Å². The van der Waals surface area contributed by atoms with E-state index in [0.29, 0.717) is 42.1 Å². The quantitative estimate of drug-likeness (QED) is 0.400. The molecule has 0 radical (unpaired) electrons. The summed E-state index contributed by atoms with van der Waals surface area (Å²) in [6.45, 7) is 1.94. The van der Waals surface area contributed by atoms with E-state index < -0.39 is 0 Å². The van der Waals surface area contributed by atoms with Gasteiger partial charge >= 0.3 is 0 Å². The molecule has 0 saturated carbocycles. The summed E-state index contributed by atoms with van der Waals surface area (Å²) >= 11 is 0. The zero-order chi connectivity index (χ0) is 23.2. The summed E-state index contributed by atoms with van der Waals surface area (Å²) in [4.78, 5) is 19.8. The molecular weight excluding hydrogens is 418 g/mol. The van der Waals surface area contributed by atoms with E-state index in [-0.39, 0.29) is 0 Å². The number of rotatable bonds is 9. The van der Waals surface area contributed by atoms with Crippen molar-refractivity contribution >= 4 is 11.6 Å². The zero-order valence-corrected chi connectivity index (χ0v) is 18.9. The highest BCUT2D eigenvalue weighted by Gasteiger charge is 2.09. The van der Waals surface area contributed by atoms with Gasteiger partial charge < -0.3 is 20.7 Å². The average molecular weight is 446 g/mol. The molecular formula is C23H27N9O. The largest absolute Gasteiger partial charge is 0.489 e. The lowest BCUT2D eigenvalue weighted by molar-refractivity contribution is 0.260. The third-order valence-electron chi connectivity index (χ3n) is 4.88. The number of nitrogens with two attached hydrogens (primary N) is 1. The van der Waals surface area contributed by atoms with Crippen molar-refractivity contribution < 1.29 is 4.74 Å². The van der Waals surface area contributed by atoms with Crippen LogP contribution in [0, 0.1) is 0 Å². The van der Waals surface area contributed by atoms with E-state index in [9.17, 15) is 0 Å². The van der Waals surface area contributed by atoms with Crippen LogP contribution in [0.3, 0.4) is 0 Å². The maximum Gasteiger partial charge on any atom is 0.169 e. The highest BCUT2D eigenvalue weighted by molar-refractivity contribution is 5.64. The molecule has 0 bridgehead atoms. The second kappa shape index (κ2) is 10.0. The van der Waals surface area contributed by atoms with Gasteiger partial charge in [-0.2, -0.15) is 5.10 Å². The van der Waals surface area contributed by atoms with Crippen LogP contribution >= 0.6 is 0 Å². The molecule has 4 aromatic rings. The van der Waals surface area contributed by atoms with E-state index in [4.69, 9.17) is 10.5 Å². The van der Waals surface area contributed by atoms with E-state index in [0.717, 1.165) is 23.2 Å². The topological polar surface area (TPSA) is 120 Å². The molecule has 3 heterocycles. The molecule has 1 aromatic carbocycles. The molecule has 0 spiro atoms. The highest BCUT2D eigenvalue weighted by Crippen LogP contribution is 2.22. The van der Waals surface area contributed by atoms with Crippen LogP contribution in [0.1, 0.15) is 5.56 Å². The summed E-state index contributed by atoms with van der Waals surface area (Å²) in [5.74, 6) is 2.15. The van der Waals surface area contributed by atoms with Crippen LogP contribution in [0.25, 0.3) is 22.6 Å². The monoisotopic (exact) mass is 445 g/mol. The molecule has 0 aliphatic rings. The van der Waals surface area contributed by atoms with Gasteiger partial charge in [0.25, 0.3) is 0 Å². The van der Waals surface area contributed by atoms with Gasteiger partial charge in [-0.25, -0.2) is 19.9 Å². The molecule has 170 valence electrons. The minimum atomic E-state index is 0.340. The van der Waals surface area contributed by atoms with E-state index in [1.54, 1.807) is 29.5 Å². The number of ether oxygens (including phenoxy) is 1. The van der Waals surface area contributed by atoms with Crippen LogP contribution in [0.5, 0.6) is 5.75 Å². The van der Waals surface area contributed by atoms with Crippen LogP contribution in [-0.4, -0.2) is 61.9 Å². The lowest BCUT2D eigenvalue weighted by atomic mass is 10.1. The fraction of sp³-hybridized carbons (Fsp3) is 0.261. The van der Waals surface area contributed by atoms with Crippen molar-refractivity contribution in [1.82, 2.24) is 34.6 Å². The summed E-state index contributed by atoms with van der Waals surface area (Å²) < 4.78 is 7.39. The number of hydrogen-bond donors (Lipinski definition) is 2. The Bertz CT molecular complexity index is 1200. The van der Waals surface area contributed by atoms with Crippen LogP contribution in [0.4, 0.5) is 11.6 Å². The highest BCUT2D eigenvalue weighted by atomic mass is 16.5. The number of anilines is 2. The molecule has 0 amide bonds. The maximum atomic E-state index is 6.03. The molecule has 3 N–H and O–H groups in total. The smallest absolute Gasteiger partial charge is 0.169 e. The van der Waals surface area contributed by atoms with Crippen molar-refractivity contribution in [3.05, 3.63) is 60.8 Å². The molecule has 0 atom stereocenters. The first-order chi connectivity index (χ1) is 16.0. The van der Waals surface area contributed by atoms with Crippen LogP contribution in [0.15, 0.2) is 55.2 Å². The van der Waals surface area contributed by atoms with Gasteiger partial charge in [0.2, 0.25) is 0 Å². The molecule has 33 heavy (non-hydrogen) atoms. The van der Waals surface area contributed by atoms with Gasteiger partial charge in [0.1, 0.15) is 6.61 Å². The van der Waals surface area contributed by atoms with Gasteiger partial charge in [-0.05, 0) is 25.7 Å². The van der Waals surface area contributed by atoms with E-state index in [1.807, 2.05) is 51.6 Å². The summed E-state index contributed by atoms with van der Waals surface area (Å²) in [5.41, 5.74) is 9.56. The molecule has 10 heteroatoms. The Kier molecular flexibility index (Phi) is 6.75. The molecule has 4 rings (SSSR count). The molecule has 10 nitrogen and oxygen atoms in total. The molecule has 0 fully saturated rings. The van der Waals surface area contributed by atoms with Gasteiger partial charge in [-0.3, -0.25) is 4.68 Å². The normalized spacial score (nSPS) is 11.0. The van der Waals surface area contributed by atoms with E-state index >= 15 is 0 Å². The summed E-state index contributed by atoms with van der Waals surface area (Å²) in [5, 5.41) is 7.46. The number of nitrogens with zero attached hydrogens (tertiary/aromatic N) is 7. The predicted molar refractivity (Wildman–Crippen MR) is 127 cm³/mol. The molecule has 0 aliphatic heterocycles. The summed E-state index contributed by atoms with van der Waals surface area (Å²) in [6.07, 6.45) is 8.66. The maximum absolute atomic E-state index is 6.03. The van der Waals surface area contributed by atoms with Crippen molar-refractivity contribution in [2.24, 2.45) is 7.05 Å². The average Bonchev–Trinajstić information content (AvgIpc) is 3.25. The lowest BCUT2D eigenvalue weighted by Gasteiger charge is -2.11. The first kappa shape index (κ1) is 22.2. The number of aromatic nitrogens is 6.